The van der Waals surface area contributed by atoms with Crippen LogP contribution < -0.4 is 5.32 Å². The van der Waals surface area contributed by atoms with Gasteiger partial charge in [0.05, 0.1) is 11.6 Å². The number of aromatic hydroxyl groups is 1. The van der Waals surface area contributed by atoms with Gasteiger partial charge in [0, 0.05) is 19.0 Å². The number of hydrogen-bond donors (Lipinski definition) is 2. The van der Waals surface area contributed by atoms with Crippen LogP contribution in [0.4, 0.5) is 4.39 Å². The summed E-state index contributed by atoms with van der Waals surface area (Å²) in [6, 6.07) is 7.28. The molecule has 22 heavy (non-hydrogen) atoms. The number of ether oxygens (including phenoxy) is 1. The van der Waals surface area contributed by atoms with Crippen molar-refractivity contribution in [3.05, 3.63) is 59.7 Å². The molecular formula is C16H15FN2O3. The van der Waals surface area contributed by atoms with E-state index < -0.39 is 17.5 Å². The number of pyridine rings is 1. The number of phenolic OH excluding ortho intramolecular Hbond substituents is 1. The van der Waals surface area contributed by atoms with Gasteiger partial charge in [-0.25, -0.2) is 4.39 Å². The zero-order valence-corrected chi connectivity index (χ0v) is 11.7. The molecule has 0 aliphatic carbocycles. The summed E-state index contributed by atoms with van der Waals surface area (Å²) in [5.41, 5.74) is 0.835. The van der Waals surface area contributed by atoms with Gasteiger partial charge in [-0.1, -0.05) is 6.07 Å². The molecule has 1 aromatic carbocycles. The maximum atomic E-state index is 13.3. The Morgan fingerprint density at radius 1 is 1.32 bits per heavy atom. The molecule has 3 rings (SSSR count). The summed E-state index contributed by atoms with van der Waals surface area (Å²) < 4.78 is 19.0. The number of hydrogen-bond acceptors (Lipinski definition) is 4. The molecule has 114 valence electrons. The molecule has 1 fully saturated rings. The molecule has 2 heterocycles. The predicted octanol–water partition coefficient (Wildman–Crippen LogP) is 2.19. The van der Waals surface area contributed by atoms with E-state index in [-0.39, 0.29) is 17.7 Å². The first-order valence-corrected chi connectivity index (χ1v) is 6.96. The SMILES string of the molecule is O=C(N[C@@H]1CCO[C@H]1c1ccncc1)c1cccc(F)c1O. The van der Waals surface area contributed by atoms with Crippen LogP contribution in [0.25, 0.3) is 0 Å². The fourth-order valence-electron chi connectivity index (χ4n) is 2.56. The van der Waals surface area contributed by atoms with Crippen LogP contribution in [0.15, 0.2) is 42.7 Å². The van der Waals surface area contributed by atoms with Crippen LogP contribution in [0.3, 0.4) is 0 Å². The Labute approximate surface area is 126 Å². The molecular weight excluding hydrogens is 287 g/mol. The number of halogens is 1. The molecule has 0 bridgehead atoms. The average Bonchev–Trinajstić information content (AvgIpc) is 2.99. The largest absolute Gasteiger partial charge is 0.504 e. The summed E-state index contributed by atoms with van der Waals surface area (Å²) in [6.07, 6.45) is 3.69. The second kappa shape index (κ2) is 6.11. The molecule has 0 spiro atoms. The molecule has 1 aliphatic rings. The second-order valence-electron chi connectivity index (χ2n) is 5.08. The lowest BCUT2D eigenvalue weighted by atomic mass is 10.0. The van der Waals surface area contributed by atoms with E-state index in [1.54, 1.807) is 12.4 Å². The van der Waals surface area contributed by atoms with Gasteiger partial charge in [-0.15, -0.1) is 0 Å². The van der Waals surface area contributed by atoms with Crippen LogP contribution in [-0.4, -0.2) is 28.6 Å². The number of benzene rings is 1. The van der Waals surface area contributed by atoms with Crippen LogP contribution >= 0.6 is 0 Å². The molecule has 0 radical (unpaired) electrons. The number of nitrogens with zero attached hydrogens (tertiary/aromatic N) is 1. The molecule has 1 aromatic heterocycles. The minimum absolute atomic E-state index is 0.0830. The number of carbonyl (C=O) groups is 1. The van der Waals surface area contributed by atoms with Crippen LogP contribution in [0.1, 0.15) is 28.4 Å². The number of carbonyl (C=O) groups excluding carboxylic acids is 1. The highest BCUT2D eigenvalue weighted by Gasteiger charge is 2.31. The minimum Gasteiger partial charge on any atom is -0.504 e. The summed E-state index contributed by atoms with van der Waals surface area (Å²) >= 11 is 0. The Kier molecular flexibility index (Phi) is 4.02. The molecule has 2 aromatic rings. The van der Waals surface area contributed by atoms with Gasteiger partial charge in [0.25, 0.3) is 5.91 Å². The number of amides is 1. The van der Waals surface area contributed by atoms with E-state index in [0.29, 0.717) is 13.0 Å². The summed E-state index contributed by atoms with van der Waals surface area (Å²) in [7, 11) is 0. The van der Waals surface area contributed by atoms with Crippen molar-refractivity contribution in [2.24, 2.45) is 0 Å². The number of para-hydroxylation sites is 1. The molecule has 2 N–H and O–H groups in total. The quantitative estimate of drug-likeness (QED) is 0.911. The Bertz CT molecular complexity index is 678. The number of nitrogens with one attached hydrogen (secondary N) is 1. The molecule has 0 saturated carbocycles. The molecule has 0 unspecified atom stereocenters. The maximum Gasteiger partial charge on any atom is 0.255 e. The van der Waals surface area contributed by atoms with Crippen LogP contribution in [0.2, 0.25) is 0 Å². The van der Waals surface area contributed by atoms with E-state index in [0.717, 1.165) is 11.6 Å². The van der Waals surface area contributed by atoms with Crippen molar-refractivity contribution in [3.63, 3.8) is 0 Å². The van der Waals surface area contributed by atoms with Crippen molar-refractivity contribution in [2.45, 2.75) is 18.6 Å². The summed E-state index contributed by atoms with van der Waals surface area (Å²) in [5.74, 6) is -1.98. The monoisotopic (exact) mass is 302 g/mol. The lowest BCUT2D eigenvalue weighted by Crippen LogP contribution is -2.36. The molecule has 1 saturated heterocycles. The number of phenols is 1. The zero-order valence-electron chi connectivity index (χ0n) is 11.7. The fraction of sp³-hybridized carbons (Fsp3) is 0.250. The minimum atomic E-state index is -0.819. The topological polar surface area (TPSA) is 71.5 Å². The Balaban J connectivity index is 1.77. The van der Waals surface area contributed by atoms with Gasteiger partial charge < -0.3 is 15.2 Å². The van der Waals surface area contributed by atoms with E-state index in [1.807, 2.05) is 12.1 Å². The average molecular weight is 302 g/mol. The van der Waals surface area contributed by atoms with E-state index in [4.69, 9.17) is 4.74 Å². The normalized spacial score (nSPS) is 20.8. The van der Waals surface area contributed by atoms with E-state index in [2.05, 4.69) is 10.3 Å². The molecule has 1 amide bonds. The van der Waals surface area contributed by atoms with Crippen LogP contribution in [0, 0.1) is 5.82 Å². The summed E-state index contributed by atoms with van der Waals surface area (Å²) in [4.78, 5) is 16.2. The number of aromatic nitrogens is 1. The third-order valence-corrected chi connectivity index (χ3v) is 3.67. The van der Waals surface area contributed by atoms with Gasteiger partial charge in [0.1, 0.15) is 6.10 Å². The van der Waals surface area contributed by atoms with E-state index in [1.165, 1.54) is 12.1 Å². The van der Waals surface area contributed by atoms with Gasteiger partial charge in [-0.3, -0.25) is 9.78 Å². The Morgan fingerprint density at radius 2 is 2.09 bits per heavy atom. The smallest absolute Gasteiger partial charge is 0.255 e. The van der Waals surface area contributed by atoms with Crippen molar-refractivity contribution < 1.29 is 19.0 Å². The number of rotatable bonds is 3. The Hall–Kier alpha value is -2.47. The first kappa shape index (κ1) is 14.5. The third kappa shape index (κ3) is 2.78. The molecule has 6 heteroatoms. The zero-order chi connectivity index (χ0) is 15.5. The Morgan fingerprint density at radius 3 is 2.86 bits per heavy atom. The van der Waals surface area contributed by atoms with Gasteiger partial charge in [-0.2, -0.15) is 0 Å². The van der Waals surface area contributed by atoms with Crippen LogP contribution in [0.5, 0.6) is 5.75 Å². The van der Waals surface area contributed by atoms with Crippen LogP contribution in [-0.2, 0) is 4.74 Å². The van der Waals surface area contributed by atoms with Gasteiger partial charge in [0.15, 0.2) is 11.6 Å². The predicted molar refractivity (Wildman–Crippen MR) is 76.9 cm³/mol. The first-order chi connectivity index (χ1) is 10.7. The maximum absolute atomic E-state index is 13.3. The first-order valence-electron chi connectivity index (χ1n) is 6.96. The highest BCUT2D eigenvalue weighted by Crippen LogP contribution is 2.29. The molecule has 5 nitrogen and oxygen atoms in total. The lowest BCUT2D eigenvalue weighted by molar-refractivity contribution is 0.0819. The van der Waals surface area contributed by atoms with E-state index >= 15 is 0 Å². The van der Waals surface area contributed by atoms with E-state index in [9.17, 15) is 14.3 Å². The highest BCUT2D eigenvalue weighted by atomic mass is 19.1. The van der Waals surface area contributed by atoms with Gasteiger partial charge in [0.2, 0.25) is 0 Å². The van der Waals surface area contributed by atoms with Gasteiger partial charge >= 0.3 is 0 Å². The van der Waals surface area contributed by atoms with Gasteiger partial charge in [-0.05, 0) is 36.2 Å². The van der Waals surface area contributed by atoms with Crippen molar-refractivity contribution in [1.82, 2.24) is 10.3 Å². The third-order valence-electron chi connectivity index (χ3n) is 3.67. The van der Waals surface area contributed by atoms with Crippen molar-refractivity contribution in [1.29, 1.82) is 0 Å². The molecule has 1 aliphatic heterocycles. The van der Waals surface area contributed by atoms with Crippen molar-refractivity contribution >= 4 is 5.91 Å². The lowest BCUT2D eigenvalue weighted by Gasteiger charge is -2.20. The summed E-state index contributed by atoms with van der Waals surface area (Å²) in [6.45, 7) is 0.521. The second-order valence-corrected chi connectivity index (χ2v) is 5.08. The highest BCUT2D eigenvalue weighted by molar-refractivity contribution is 5.97. The standard InChI is InChI=1S/C16H15FN2O3/c17-12-3-1-2-11(14(12)20)16(21)19-13-6-9-22-15(13)10-4-7-18-8-5-10/h1-5,7-8,13,15,20H,6,9H2,(H,19,21)/t13-,15+/m1/s1. The molecule has 2 atom stereocenters. The van der Waals surface area contributed by atoms with Crippen molar-refractivity contribution in [3.8, 4) is 5.75 Å². The summed E-state index contributed by atoms with van der Waals surface area (Å²) in [5, 5.41) is 12.5. The fourth-order valence-corrected chi connectivity index (χ4v) is 2.56. The van der Waals surface area contributed by atoms with Crippen molar-refractivity contribution in [2.75, 3.05) is 6.61 Å².